The van der Waals surface area contributed by atoms with E-state index in [1.807, 2.05) is 25.7 Å². The summed E-state index contributed by atoms with van der Waals surface area (Å²) in [6, 6.07) is 8.72. The number of rotatable bonds is 3. The first kappa shape index (κ1) is 19.5. The summed E-state index contributed by atoms with van der Waals surface area (Å²) in [5.41, 5.74) is 4.17. The molecule has 0 saturated carbocycles. The number of carbonyl (C=O) groups excluding carboxylic acids is 1. The smallest absolute Gasteiger partial charge is 0.222 e. The standard InChI is InChI=1S/C11H11.C8H15NO.C2H6/c1-2-9-4-3-5-11(8-9)10-6-7-10;1-2-8(10)9-6-4-3-5-7-9;1-2/h3-8H,2H2,1H3;2-7H2,1H3;1-2H3. The number of hydrogen-bond acceptors (Lipinski definition) is 1. The second-order valence-electron chi connectivity index (χ2n) is 5.64. The molecule has 2 heteroatoms. The first-order chi connectivity index (χ1) is 11.2. The highest BCUT2D eigenvalue weighted by Gasteiger charge is 2.13. The normalized spacial score (nSPS) is 15.5. The van der Waals surface area contributed by atoms with Gasteiger partial charge in [0.15, 0.2) is 0 Å². The molecule has 0 unspecified atom stereocenters. The Morgan fingerprint density at radius 3 is 2.26 bits per heavy atom. The fourth-order valence-corrected chi connectivity index (χ4v) is 2.57. The van der Waals surface area contributed by atoms with Gasteiger partial charge in [0, 0.05) is 25.9 Å². The summed E-state index contributed by atoms with van der Waals surface area (Å²) in [6.07, 6.45) is 9.79. The van der Waals surface area contributed by atoms with Crippen LogP contribution in [0.25, 0.3) is 5.57 Å². The molecule has 1 aromatic carbocycles. The molecule has 23 heavy (non-hydrogen) atoms. The van der Waals surface area contributed by atoms with Gasteiger partial charge in [0.05, 0.1) is 0 Å². The van der Waals surface area contributed by atoms with Gasteiger partial charge in [0.1, 0.15) is 0 Å². The molecular weight excluding hydrogens is 282 g/mol. The first-order valence-electron chi connectivity index (χ1n) is 9.16. The first-order valence-corrected chi connectivity index (χ1v) is 9.16. The second-order valence-corrected chi connectivity index (χ2v) is 5.64. The largest absolute Gasteiger partial charge is 0.343 e. The number of allylic oxidation sites excluding steroid dienone is 2. The Morgan fingerprint density at radius 2 is 1.74 bits per heavy atom. The van der Waals surface area contributed by atoms with Crippen molar-refractivity contribution in [2.45, 2.75) is 59.8 Å². The minimum Gasteiger partial charge on any atom is -0.343 e. The van der Waals surface area contributed by atoms with Crippen LogP contribution < -0.4 is 0 Å². The van der Waals surface area contributed by atoms with Gasteiger partial charge in [-0.15, -0.1) is 0 Å². The molecule has 1 saturated heterocycles. The van der Waals surface area contributed by atoms with Gasteiger partial charge in [-0.1, -0.05) is 58.0 Å². The van der Waals surface area contributed by atoms with Crippen LogP contribution in [-0.2, 0) is 11.2 Å². The van der Waals surface area contributed by atoms with Gasteiger partial charge in [0.25, 0.3) is 0 Å². The highest BCUT2D eigenvalue weighted by atomic mass is 16.2. The lowest BCUT2D eigenvalue weighted by Crippen LogP contribution is -2.34. The number of aryl methyl sites for hydroxylation is 1. The van der Waals surface area contributed by atoms with Crippen LogP contribution >= 0.6 is 0 Å². The summed E-state index contributed by atoms with van der Waals surface area (Å²) in [7, 11) is 0. The van der Waals surface area contributed by atoms with Crippen molar-refractivity contribution in [2.75, 3.05) is 13.1 Å². The van der Waals surface area contributed by atoms with E-state index in [2.05, 4.69) is 43.7 Å². The lowest BCUT2D eigenvalue weighted by molar-refractivity contribution is -0.131. The Morgan fingerprint density at radius 1 is 1.09 bits per heavy atom. The van der Waals surface area contributed by atoms with E-state index in [-0.39, 0.29) is 0 Å². The SMILES string of the molecule is CC.CCC(=O)N1CCCCC1.CCc1cccc(C2=C[CH]2)c1. The lowest BCUT2D eigenvalue weighted by atomic mass is 10.1. The highest BCUT2D eigenvalue weighted by Crippen LogP contribution is 2.29. The summed E-state index contributed by atoms with van der Waals surface area (Å²) >= 11 is 0. The van der Waals surface area contributed by atoms with Crippen molar-refractivity contribution in [3.05, 3.63) is 47.9 Å². The number of amides is 1. The van der Waals surface area contributed by atoms with E-state index in [1.165, 1.54) is 36.0 Å². The van der Waals surface area contributed by atoms with Crippen LogP contribution in [0.15, 0.2) is 30.3 Å². The molecule has 1 amide bonds. The average Bonchev–Trinajstić information content (AvgIpc) is 3.49. The Kier molecular flexibility index (Phi) is 9.35. The van der Waals surface area contributed by atoms with Crippen LogP contribution in [0.3, 0.4) is 0 Å². The Hall–Kier alpha value is -1.57. The third-order valence-electron chi connectivity index (χ3n) is 4.01. The fourth-order valence-electron chi connectivity index (χ4n) is 2.57. The zero-order valence-corrected chi connectivity index (χ0v) is 15.3. The van der Waals surface area contributed by atoms with Crippen LogP contribution in [0.5, 0.6) is 0 Å². The van der Waals surface area contributed by atoms with E-state index >= 15 is 0 Å². The predicted molar refractivity (Wildman–Crippen MR) is 100 cm³/mol. The fraction of sp³-hybridized carbons (Fsp3) is 0.524. The number of piperidine rings is 1. The van der Waals surface area contributed by atoms with Crippen molar-refractivity contribution in [1.82, 2.24) is 4.90 Å². The van der Waals surface area contributed by atoms with E-state index in [0.717, 1.165) is 19.5 Å². The third kappa shape index (κ3) is 7.02. The van der Waals surface area contributed by atoms with Crippen molar-refractivity contribution in [1.29, 1.82) is 0 Å². The van der Waals surface area contributed by atoms with E-state index in [4.69, 9.17) is 0 Å². The molecular formula is C21H32NO. The van der Waals surface area contributed by atoms with Gasteiger partial charge in [-0.05, 0) is 42.4 Å². The highest BCUT2D eigenvalue weighted by molar-refractivity contribution is 5.87. The molecule has 1 aromatic rings. The topological polar surface area (TPSA) is 20.3 Å². The maximum atomic E-state index is 11.1. The van der Waals surface area contributed by atoms with Crippen molar-refractivity contribution in [3.8, 4) is 0 Å². The Labute approximate surface area is 142 Å². The van der Waals surface area contributed by atoms with Crippen molar-refractivity contribution >= 4 is 11.5 Å². The molecule has 2 nitrogen and oxygen atoms in total. The maximum Gasteiger partial charge on any atom is 0.222 e. The minimum absolute atomic E-state index is 0.319. The van der Waals surface area contributed by atoms with Crippen LogP contribution in [0.2, 0.25) is 0 Å². The predicted octanol–water partition coefficient (Wildman–Crippen LogP) is 5.29. The van der Waals surface area contributed by atoms with Gasteiger partial charge >= 0.3 is 0 Å². The Balaban J connectivity index is 0.000000209. The summed E-state index contributed by atoms with van der Waals surface area (Å²) < 4.78 is 0. The van der Waals surface area contributed by atoms with Gasteiger partial charge in [-0.3, -0.25) is 4.79 Å². The van der Waals surface area contributed by atoms with E-state index in [1.54, 1.807) is 0 Å². The maximum absolute atomic E-state index is 11.1. The van der Waals surface area contributed by atoms with Crippen LogP contribution in [0, 0.1) is 6.42 Å². The van der Waals surface area contributed by atoms with Crippen LogP contribution in [-0.4, -0.2) is 23.9 Å². The van der Waals surface area contributed by atoms with Crippen LogP contribution in [0.1, 0.15) is 64.5 Å². The van der Waals surface area contributed by atoms with Gasteiger partial charge in [0.2, 0.25) is 5.91 Å². The molecule has 0 atom stereocenters. The molecule has 1 heterocycles. The molecule has 1 aliphatic heterocycles. The summed E-state index contributed by atoms with van der Waals surface area (Å²) in [6.45, 7) is 10.1. The molecule has 0 aromatic heterocycles. The number of carbonyl (C=O) groups is 1. The molecule has 2 aliphatic rings. The molecule has 1 radical (unpaired) electrons. The van der Waals surface area contributed by atoms with Gasteiger partial charge in [-0.25, -0.2) is 0 Å². The van der Waals surface area contributed by atoms with E-state index in [0.29, 0.717) is 12.3 Å². The molecule has 0 N–H and O–H groups in total. The molecule has 0 spiro atoms. The number of nitrogens with zero attached hydrogens (tertiary/aromatic N) is 1. The van der Waals surface area contributed by atoms with Crippen molar-refractivity contribution in [3.63, 3.8) is 0 Å². The van der Waals surface area contributed by atoms with Crippen LogP contribution in [0.4, 0.5) is 0 Å². The van der Waals surface area contributed by atoms with Crippen molar-refractivity contribution < 1.29 is 4.79 Å². The zero-order chi connectivity index (χ0) is 17.1. The quantitative estimate of drug-likeness (QED) is 0.742. The summed E-state index contributed by atoms with van der Waals surface area (Å²) in [4.78, 5) is 13.1. The summed E-state index contributed by atoms with van der Waals surface area (Å²) in [5.74, 6) is 0.319. The minimum atomic E-state index is 0.319. The van der Waals surface area contributed by atoms with Gasteiger partial charge < -0.3 is 4.90 Å². The molecule has 1 aliphatic carbocycles. The Bertz CT molecular complexity index is 498. The number of likely N-dealkylation sites (tertiary alicyclic amines) is 1. The molecule has 127 valence electrons. The van der Waals surface area contributed by atoms with Gasteiger partial charge in [-0.2, -0.15) is 0 Å². The third-order valence-corrected chi connectivity index (χ3v) is 4.01. The number of hydrogen-bond donors (Lipinski definition) is 0. The monoisotopic (exact) mass is 314 g/mol. The van der Waals surface area contributed by atoms with Crippen molar-refractivity contribution in [2.24, 2.45) is 0 Å². The van der Waals surface area contributed by atoms with E-state index in [9.17, 15) is 4.79 Å². The molecule has 0 bridgehead atoms. The molecule has 3 rings (SSSR count). The summed E-state index contributed by atoms with van der Waals surface area (Å²) in [5, 5.41) is 0. The second kappa shape index (κ2) is 11.0. The zero-order valence-electron chi connectivity index (χ0n) is 15.3. The lowest BCUT2D eigenvalue weighted by Gasteiger charge is -2.26. The molecule has 1 fully saturated rings. The number of benzene rings is 1. The average molecular weight is 314 g/mol. The van der Waals surface area contributed by atoms with E-state index < -0.39 is 0 Å².